The fourth-order valence-corrected chi connectivity index (χ4v) is 4.11. The van der Waals surface area contributed by atoms with Crippen molar-refractivity contribution in [1.29, 1.82) is 0 Å². The first kappa shape index (κ1) is 23.1. The molecule has 0 bridgehead atoms. The highest BCUT2D eigenvalue weighted by atomic mass is 35.5. The van der Waals surface area contributed by atoms with Gasteiger partial charge in [0.05, 0.1) is 22.5 Å². The van der Waals surface area contributed by atoms with Crippen LogP contribution >= 0.6 is 11.6 Å². The van der Waals surface area contributed by atoms with Crippen LogP contribution in [0.2, 0.25) is 5.02 Å². The molecule has 0 aliphatic heterocycles. The third-order valence-corrected chi connectivity index (χ3v) is 5.74. The van der Waals surface area contributed by atoms with E-state index in [-0.39, 0.29) is 29.3 Å². The second-order valence-electron chi connectivity index (χ2n) is 8.84. The number of pyridine rings is 1. The van der Waals surface area contributed by atoms with Crippen LogP contribution in [-0.2, 0) is 12.8 Å². The molecule has 4 rings (SSSR count). The number of nitrogens with one attached hydrogen (secondary N) is 2. The Balaban J connectivity index is 1.75. The van der Waals surface area contributed by atoms with E-state index < -0.39 is 5.82 Å². The number of amides is 1. The molecular weight excluding hydrogens is 445 g/mol. The number of aliphatic hydroxyl groups excluding tert-OH is 1. The first-order valence-corrected chi connectivity index (χ1v) is 11.1. The van der Waals surface area contributed by atoms with E-state index in [2.05, 4.69) is 39.4 Å². The van der Waals surface area contributed by atoms with Gasteiger partial charge in [0.15, 0.2) is 5.82 Å². The maximum atomic E-state index is 14.6. The van der Waals surface area contributed by atoms with Crippen molar-refractivity contribution in [2.24, 2.45) is 5.41 Å². The van der Waals surface area contributed by atoms with Crippen molar-refractivity contribution in [1.82, 2.24) is 20.3 Å². The van der Waals surface area contributed by atoms with E-state index in [0.29, 0.717) is 35.1 Å². The molecule has 3 N–H and O–H groups in total. The number of benzene rings is 1. The molecule has 0 fully saturated rings. The Morgan fingerprint density at radius 3 is 2.85 bits per heavy atom. The fourth-order valence-electron chi connectivity index (χ4n) is 3.94. The minimum absolute atomic E-state index is 0.00980. The number of carbonyl (C=O) groups is 1. The van der Waals surface area contributed by atoms with Gasteiger partial charge in [0.1, 0.15) is 11.6 Å². The molecule has 1 aromatic carbocycles. The molecule has 2 aromatic heterocycles. The van der Waals surface area contributed by atoms with Crippen molar-refractivity contribution >= 4 is 29.0 Å². The molecule has 0 saturated carbocycles. The molecule has 0 unspecified atom stereocenters. The summed E-state index contributed by atoms with van der Waals surface area (Å²) in [5.41, 5.74) is 2.84. The molecule has 0 spiro atoms. The smallest absolute Gasteiger partial charge is 0.254 e. The van der Waals surface area contributed by atoms with Gasteiger partial charge >= 0.3 is 0 Å². The van der Waals surface area contributed by atoms with Crippen molar-refractivity contribution in [3.63, 3.8) is 0 Å². The minimum atomic E-state index is -0.463. The normalized spacial score (nSPS) is 14.1. The quantitative estimate of drug-likeness (QED) is 0.446. The lowest BCUT2D eigenvalue weighted by atomic mass is 9.90. The topological polar surface area (TPSA) is 100 Å². The van der Waals surface area contributed by atoms with Gasteiger partial charge in [0.25, 0.3) is 5.91 Å². The summed E-state index contributed by atoms with van der Waals surface area (Å²) in [6.45, 7) is 4.62. The maximum absolute atomic E-state index is 14.6. The third kappa shape index (κ3) is 5.12. The van der Waals surface area contributed by atoms with Crippen LogP contribution in [0, 0.1) is 11.2 Å². The molecular formula is C24H25ClFN5O2. The van der Waals surface area contributed by atoms with Crippen molar-refractivity contribution in [2.75, 3.05) is 18.5 Å². The molecule has 7 nitrogen and oxygen atoms in total. The number of anilines is 2. The van der Waals surface area contributed by atoms with E-state index in [1.807, 2.05) is 0 Å². The van der Waals surface area contributed by atoms with Crippen molar-refractivity contribution in [2.45, 2.75) is 33.1 Å². The van der Waals surface area contributed by atoms with Gasteiger partial charge in [0, 0.05) is 36.1 Å². The lowest BCUT2D eigenvalue weighted by Gasteiger charge is -2.16. The molecule has 0 saturated heterocycles. The summed E-state index contributed by atoms with van der Waals surface area (Å²) in [6.07, 6.45) is 4.97. The summed E-state index contributed by atoms with van der Waals surface area (Å²) < 4.78 is 14.6. The monoisotopic (exact) mass is 469 g/mol. The van der Waals surface area contributed by atoms with E-state index in [1.165, 1.54) is 24.4 Å². The van der Waals surface area contributed by atoms with Gasteiger partial charge in [-0.3, -0.25) is 9.78 Å². The van der Waals surface area contributed by atoms with E-state index in [0.717, 1.165) is 24.1 Å². The number of hydrogen-bond donors (Lipinski definition) is 3. The Bertz CT molecular complexity index is 1200. The van der Waals surface area contributed by atoms with Gasteiger partial charge in [-0.15, -0.1) is 0 Å². The van der Waals surface area contributed by atoms with E-state index in [1.54, 1.807) is 12.3 Å². The average Bonchev–Trinajstić information content (AvgIpc) is 3.10. The summed E-state index contributed by atoms with van der Waals surface area (Å²) >= 11 is 6.10. The Morgan fingerprint density at radius 1 is 1.24 bits per heavy atom. The van der Waals surface area contributed by atoms with Crippen molar-refractivity contribution in [3.8, 4) is 11.4 Å². The largest absolute Gasteiger partial charge is 0.396 e. The van der Waals surface area contributed by atoms with Crippen molar-refractivity contribution in [3.05, 3.63) is 64.3 Å². The Kier molecular flexibility index (Phi) is 6.58. The Hall–Kier alpha value is -3.10. The van der Waals surface area contributed by atoms with Gasteiger partial charge in [-0.05, 0) is 48.9 Å². The van der Waals surface area contributed by atoms with Gasteiger partial charge < -0.3 is 15.7 Å². The Morgan fingerprint density at radius 2 is 2.06 bits per heavy atom. The van der Waals surface area contributed by atoms with E-state index in [4.69, 9.17) is 16.7 Å². The Labute approximate surface area is 196 Å². The maximum Gasteiger partial charge on any atom is 0.254 e. The van der Waals surface area contributed by atoms with Crippen LogP contribution in [0.3, 0.4) is 0 Å². The number of nitrogens with zero attached hydrogens (tertiary/aromatic N) is 3. The van der Waals surface area contributed by atoms with E-state index >= 15 is 0 Å². The molecule has 0 radical (unpaired) electrons. The van der Waals surface area contributed by atoms with Crippen LogP contribution in [0.25, 0.3) is 11.4 Å². The first-order chi connectivity index (χ1) is 15.8. The van der Waals surface area contributed by atoms with Crippen LogP contribution in [0.15, 0.2) is 36.7 Å². The zero-order chi connectivity index (χ0) is 23.6. The molecule has 33 heavy (non-hydrogen) atoms. The second-order valence-corrected chi connectivity index (χ2v) is 9.28. The lowest BCUT2D eigenvalue weighted by Crippen LogP contribution is -2.26. The summed E-state index contributed by atoms with van der Waals surface area (Å²) in [5, 5.41) is 15.4. The van der Waals surface area contributed by atoms with Gasteiger partial charge in [-0.25, -0.2) is 14.4 Å². The molecule has 1 amide bonds. The summed E-state index contributed by atoms with van der Waals surface area (Å²) in [5.74, 6) is -0.0193. The van der Waals surface area contributed by atoms with Gasteiger partial charge in [0.2, 0.25) is 0 Å². The van der Waals surface area contributed by atoms with E-state index in [9.17, 15) is 9.18 Å². The second kappa shape index (κ2) is 9.41. The van der Waals surface area contributed by atoms with Crippen LogP contribution in [-0.4, -0.2) is 39.1 Å². The minimum Gasteiger partial charge on any atom is -0.396 e. The number of hydrogen-bond acceptors (Lipinski definition) is 6. The standard InChI is InChI=1S/C24H25ClFN5O2/c1-24(2)11-16-20(12-24)30-21(15-10-14(25)4-5-18(15)26)31-22(16)29-19-6-8-27-13-17(19)23(33)28-7-3-9-32/h4-6,8,10,13,32H,3,7,9,11-12H2,1-2H3,(H,28,33)(H,27,29,30,31). The molecule has 9 heteroatoms. The predicted octanol–water partition coefficient (Wildman–Crippen LogP) is 4.31. The molecule has 3 aromatic rings. The number of halogens is 2. The van der Waals surface area contributed by atoms with Crippen LogP contribution in [0.5, 0.6) is 0 Å². The SMILES string of the molecule is CC1(C)Cc2nc(-c3cc(Cl)ccc3F)nc(Nc3ccncc3C(=O)NCCCO)c2C1. The average molecular weight is 470 g/mol. The zero-order valence-electron chi connectivity index (χ0n) is 18.5. The van der Waals surface area contributed by atoms with Crippen molar-refractivity contribution < 1.29 is 14.3 Å². The highest BCUT2D eigenvalue weighted by molar-refractivity contribution is 6.30. The van der Waals surface area contributed by atoms with Gasteiger partial charge in [-0.1, -0.05) is 25.4 Å². The highest BCUT2D eigenvalue weighted by Gasteiger charge is 2.33. The summed E-state index contributed by atoms with van der Waals surface area (Å²) in [7, 11) is 0. The molecule has 1 aliphatic carbocycles. The molecule has 2 heterocycles. The molecule has 0 atom stereocenters. The predicted molar refractivity (Wildman–Crippen MR) is 125 cm³/mol. The molecule has 1 aliphatic rings. The number of rotatable bonds is 7. The van der Waals surface area contributed by atoms with Crippen LogP contribution in [0.4, 0.5) is 15.9 Å². The summed E-state index contributed by atoms with van der Waals surface area (Å²) in [6, 6.07) is 5.97. The van der Waals surface area contributed by atoms with Gasteiger partial charge in [-0.2, -0.15) is 0 Å². The first-order valence-electron chi connectivity index (χ1n) is 10.7. The number of aliphatic hydroxyl groups is 1. The lowest BCUT2D eigenvalue weighted by molar-refractivity contribution is 0.0951. The zero-order valence-corrected chi connectivity index (χ0v) is 19.2. The van der Waals surface area contributed by atoms with Crippen LogP contribution in [0.1, 0.15) is 41.9 Å². The highest BCUT2D eigenvalue weighted by Crippen LogP contribution is 2.40. The van der Waals surface area contributed by atoms with Crippen LogP contribution < -0.4 is 10.6 Å². The molecule has 172 valence electrons. The number of fused-ring (bicyclic) bond motifs is 1. The number of carbonyl (C=O) groups excluding carboxylic acids is 1. The summed E-state index contributed by atoms with van der Waals surface area (Å²) in [4.78, 5) is 26.1. The fraction of sp³-hybridized carbons (Fsp3) is 0.333. The number of aromatic nitrogens is 3. The third-order valence-electron chi connectivity index (χ3n) is 5.50.